The highest BCUT2D eigenvalue weighted by Gasteiger charge is 2.36. The molecule has 0 spiro atoms. The molecule has 6 amide bonds. The van der Waals surface area contributed by atoms with Gasteiger partial charge in [-0.1, -0.05) is 66.0 Å². The van der Waals surface area contributed by atoms with E-state index in [0.717, 1.165) is 40.2 Å². The second-order valence-corrected chi connectivity index (χ2v) is 19.3. The number of ether oxygens (including phenoxy) is 2. The van der Waals surface area contributed by atoms with Gasteiger partial charge in [0.1, 0.15) is 29.3 Å². The second-order valence-electron chi connectivity index (χ2n) is 16.9. The minimum absolute atomic E-state index is 0.00160. The maximum Gasteiger partial charge on any atom is 0.326 e. The van der Waals surface area contributed by atoms with Crippen molar-refractivity contribution in [2.24, 2.45) is 11.5 Å². The standard InChI is InChI=1S/C25H25N5O6S.C24H24FN3O6S/c26-19(22(31)29-20(24(33)34)11-16-12-27-13-28-16)9-14-1-5-17(6-2-14)36-18-7-3-15(4-8-18)10-21-23(32)30-25(35)37-21;25-16-10-14(12-20-21(29)27-24(33)35-20)5-8-19(16)34-15-6-3-13(4-7-15)11-17(26)22(30)28-9-1-2-18(28)23(31)32/h1-8,12-13,19-21H,9-11,26H2,(H,27,28)(H,29,31)(H,33,34)(H,30,32,35);3-8,10,17-18,20H,1-2,9,11-12,26H2,(H,31,32)(H,27,29,33). The van der Waals surface area contributed by atoms with E-state index < -0.39 is 69.5 Å². The Balaban J connectivity index is 0.000000212. The first-order valence-electron chi connectivity index (χ1n) is 22.5. The molecule has 376 valence electrons. The highest BCUT2D eigenvalue weighted by Crippen LogP contribution is 2.30. The van der Waals surface area contributed by atoms with Crippen molar-refractivity contribution in [2.45, 2.75) is 79.6 Å². The number of nitrogens with two attached hydrogens (primary N) is 2. The fraction of sp³-hybridized carbons (Fsp3) is 0.286. The molecule has 10 N–H and O–H groups in total. The number of benzene rings is 4. The van der Waals surface area contributed by atoms with Gasteiger partial charge in [0.2, 0.25) is 23.6 Å². The van der Waals surface area contributed by atoms with Crippen LogP contribution in [0.3, 0.4) is 0 Å². The van der Waals surface area contributed by atoms with E-state index in [1.54, 1.807) is 66.7 Å². The number of carboxylic acid groups (broad SMARTS) is 2. The zero-order valence-corrected chi connectivity index (χ0v) is 39.8. The maximum atomic E-state index is 14.6. The number of likely N-dealkylation sites (tertiary alicyclic amines) is 1. The van der Waals surface area contributed by atoms with E-state index in [1.165, 1.54) is 29.6 Å². The molecule has 0 radical (unpaired) electrons. The zero-order valence-electron chi connectivity index (χ0n) is 38.2. The predicted molar refractivity (Wildman–Crippen MR) is 261 cm³/mol. The Bertz CT molecular complexity index is 2800. The number of imidazole rings is 1. The van der Waals surface area contributed by atoms with Crippen LogP contribution < -0.4 is 36.9 Å². The fourth-order valence-corrected chi connectivity index (χ4v) is 9.58. The minimum Gasteiger partial charge on any atom is -0.480 e. The number of rotatable bonds is 19. The van der Waals surface area contributed by atoms with Crippen molar-refractivity contribution in [3.8, 4) is 23.0 Å². The molecule has 0 bridgehead atoms. The molecule has 72 heavy (non-hydrogen) atoms. The van der Waals surface area contributed by atoms with Crippen molar-refractivity contribution in [3.63, 3.8) is 0 Å². The predicted octanol–water partition coefficient (Wildman–Crippen LogP) is 4.24. The number of aromatic amines is 1. The summed E-state index contributed by atoms with van der Waals surface area (Å²) in [6.45, 7) is 0.380. The molecule has 4 aromatic carbocycles. The van der Waals surface area contributed by atoms with Crippen LogP contribution in [-0.2, 0) is 60.9 Å². The number of thioether (sulfide) groups is 2. The SMILES string of the molecule is NC(Cc1ccc(Oc2ccc(CC3SC(=O)NC3=O)cc2)cc1)C(=O)NC(Cc1cnc[nH]1)C(=O)O.NC(Cc1ccc(Oc2ccc(CC3SC(=O)NC3=O)cc2F)cc1)C(=O)N1CCCC1C(=O)O. The van der Waals surface area contributed by atoms with Gasteiger partial charge in [0.05, 0.1) is 28.9 Å². The highest BCUT2D eigenvalue weighted by atomic mass is 32.2. The number of carboxylic acids is 2. The van der Waals surface area contributed by atoms with E-state index >= 15 is 0 Å². The van der Waals surface area contributed by atoms with E-state index in [1.807, 2.05) is 12.1 Å². The summed E-state index contributed by atoms with van der Waals surface area (Å²) in [6, 6.07) is 21.6. The topological polar surface area (TPSA) is 316 Å². The van der Waals surface area contributed by atoms with Crippen LogP contribution in [0.15, 0.2) is 104 Å². The molecule has 1 aromatic heterocycles. The lowest BCUT2D eigenvalue weighted by Crippen LogP contribution is -2.50. The number of carbonyl (C=O) groups excluding carboxylic acids is 6. The van der Waals surface area contributed by atoms with Crippen molar-refractivity contribution < 1.29 is 62.4 Å². The molecular weight excluding hydrogens is 976 g/mol. The molecule has 0 saturated carbocycles. The molecule has 4 heterocycles. The van der Waals surface area contributed by atoms with Crippen LogP contribution in [0.4, 0.5) is 14.0 Å². The lowest BCUT2D eigenvalue weighted by Gasteiger charge is -2.24. The van der Waals surface area contributed by atoms with Crippen molar-refractivity contribution in [2.75, 3.05) is 6.54 Å². The molecule has 23 heteroatoms. The molecule has 3 fully saturated rings. The molecule has 8 rings (SSSR count). The van der Waals surface area contributed by atoms with Gasteiger partial charge in [-0.15, -0.1) is 0 Å². The molecule has 5 aromatic rings. The Morgan fingerprint density at radius 2 is 1.26 bits per heavy atom. The van der Waals surface area contributed by atoms with E-state index in [0.29, 0.717) is 54.3 Å². The third kappa shape index (κ3) is 14.3. The second kappa shape index (κ2) is 24.0. The largest absolute Gasteiger partial charge is 0.480 e. The van der Waals surface area contributed by atoms with Gasteiger partial charge in [-0.25, -0.2) is 19.0 Å². The Hall–Kier alpha value is -7.60. The number of amides is 6. The van der Waals surface area contributed by atoms with Crippen molar-refractivity contribution >= 4 is 69.6 Å². The summed E-state index contributed by atoms with van der Waals surface area (Å²) in [5, 5.41) is 23.9. The van der Waals surface area contributed by atoms with Gasteiger partial charge >= 0.3 is 11.9 Å². The van der Waals surface area contributed by atoms with E-state index in [-0.39, 0.29) is 48.5 Å². The average molecular weight is 1030 g/mol. The molecule has 3 aliphatic heterocycles. The molecule has 0 aliphatic carbocycles. The monoisotopic (exact) mass is 1020 g/mol. The summed E-state index contributed by atoms with van der Waals surface area (Å²) in [5.74, 6) is -2.85. The number of hydrogen-bond acceptors (Lipinski definition) is 15. The number of imide groups is 2. The van der Waals surface area contributed by atoms with Crippen LogP contribution in [0, 0.1) is 5.82 Å². The molecular formula is C49H49FN8O12S2. The number of aromatic nitrogens is 2. The minimum atomic E-state index is -1.16. The average Bonchev–Trinajstić information content (AvgIpc) is 4.18. The van der Waals surface area contributed by atoms with E-state index in [2.05, 4.69) is 25.9 Å². The molecule has 20 nitrogen and oxygen atoms in total. The van der Waals surface area contributed by atoms with E-state index in [4.69, 9.17) is 20.9 Å². The van der Waals surface area contributed by atoms with Crippen LogP contribution in [-0.4, -0.2) is 112 Å². The first kappa shape index (κ1) is 52.2. The highest BCUT2D eigenvalue weighted by molar-refractivity contribution is 8.15. The van der Waals surface area contributed by atoms with Gasteiger partial charge in [-0.2, -0.15) is 0 Å². The van der Waals surface area contributed by atoms with Crippen LogP contribution in [0.5, 0.6) is 23.0 Å². The Morgan fingerprint density at radius 1 is 0.736 bits per heavy atom. The number of hydrogen-bond donors (Lipinski definition) is 8. The fourth-order valence-electron chi connectivity index (χ4n) is 7.86. The summed E-state index contributed by atoms with van der Waals surface area (Å²) in [5.41, 5.74) is 15.7. The summed E-state index contributed by atoms with van der Waals surface area (Å²) < 4.78 is 26.0. The molecule has 6 unspecified atom stereocenters. The normalized spacial score (nSPS) is 18.5. The summed E-state index contributed by atoms with van der Waals surface area (Å²) in [6.07, 6.45) is 5.16. The number of nitrogens with zero attached hydrogens (tertiary/aromatic N) is 2. The van der Waals surface area contributed by atoms with E-state index in [9.17, 15) is 53.0 Å². The first-order valence-corrected chi connectivity index (χ1v) is 24.2. The smallest absolute Gasteiger partial charge is 0.326 e. The summed E-state index contributed by atoms with van der Waals surface area (Å²) in [7, 11) is 0. The van der Waals surface area contributed by atoms with Crippen molar-refractivity contribution in [1.29, 1.82) is 0 Å². The van der Waals surface area contributed by atoms with Gasteiger partial charge in [0.25, 0.3) is 10.5 Å². The Morgan fingerprint density at radius 3 is 1.76 bits per heavy atom. The maximum absolute atomic E-state index is 14.6. The van der Waals surface area contributed by atoms with Gasteiger partial charge in [-0.05, 0) is 109 Å². The van der Waals surface area contributed by atoms with Crippen molar-refractivity contribution in [3.05, 3.63) is 137 Å². The van der Waals surface area contributed by atoms with Gasteiger partial charge in [0, 0.05) is 24.9 Å². The van der Waals surface area contributed by atoms with Gasteiger partial charge in [-0.3, -0.25) is 39.4 Å². The third-order valence-corrected chi connectivity index (χ3v) is 13.5. The number of carbonyl (C=O) groups is 8. The third-order valence-electron chi connectivity index (χ3n) is 11.6. The zero-order chi connectivity index (χ0) is 51.5. The first-order chi connectivity index (χ1) is 34.5. The van der Waals surface area contributed by atoms with Crippen LogP contribution in [0.25, 0.3) is 0 Å². The number of aliphatic carboxylic acids is 2. The lowest BCUT2D eigenvalue weighted by molar-refractivity contribution is -0.148. The Labute approximate surface area is 419 Å². The van der Waals surface area contributed by atoms with Crippen LogP contribution in [0.1, 0.15) is 40.8 Å². The molecule has 3 aliphatic rings. The Kier molecular flexibility index (Phi) is 17.4. The summed E-state index contributed by atoms with van der Waals surface area (Å²) in [4.78, 5) is 102. The molecule has 6 atom stereocenters. The lowest BCUT2D eigenvalue weighted by atomic mass is 10.0. The summed E-state index contributed by atoms with van der Waals surface area (Å²) >= 11 is 1.88. The quantitative estimate of drug-likeness (QED) is 0.0574. The molecule has 3 saturated heterocycles. The van der Waals surface area contributed by atoms with Crippen LogP contribution in [0.2, 0.25) is 0 Å². The van der Waals surface area contributed by atoms with Crippen molar-refractivity contribution in [1.82, 2.24) is 30.8 Å². The number of halogens is 1. The van der Waals surface area contributed by atoms with Gasteiger partial charge in [0.15, 0.2) is 11.6 Å². The van der Waals surface area contributed by atoms with Crippen LogP contribution >= 0.6 is 23.5 Å². The number of nitrogens with one attached hydrogen (secondary N) is 4. The number of H-pyrrole nitrogens is 1. The van der Waals surface area contributed by atoms with Gasteiger partial charge < -0.3 is 46.4 Å².